The van der Waals surface area contributed by atoms with Crippen LogP contribution in [0.15, 0.2) is 34.6 Å². The van der Waals surface area contributed by atoms with Crippen molar-refractivity contribution >= 4 is 23.4 Å². The Kier molecular flexibility index (Phi) is 3.10. The fourth-order valence-corrected chi connectivity index (χ4v) is 4.15. The molecule has 0 bridgehead atoms. The highest BCUT2D eigenvalue weighted by atomic mass is 16.6. The number of aromatic nitrogens is 1. The smallest absolute Gasteiger partial charge is 0.313 e. The van der Waals surface area contributed by atoms with E-state index in [0.717, 1.165) is 11.3 Å². The third kappa shape index (κ3) is 2.09. The molecule has 3 aliphatic rings. The lowest BCUT2D eigenvalue weighted by atomic mass is 9.92. The molecule has 0 saturated heterocycles. The maximum atomic E-state index is 13.0. The number of carbonyl (C=O) groups is 1. The van der Waals surface area contributed by atoms with Crippen molar-refractivity contribution in [1.29, 1.82) is 0 Å². The van der Waals surface area contributed by atoms with Crippen LogP contribution < -0.4 is 10.9 Å². The normalized spacial score (nSPS) is 21.8. The van der Waals surface area contributed by atoms with Crippen LogP contribution in [0.3, 0.4) is 0 Å². The number of esters is 1. The number of ether oxygens (including phenoxy) is 1. The summed E-state index contributed by atoms with van der Waals surface area (Å²) in [6.07, 6.45) is 1.80. The van der Waals surface area contributed by atoms with E-state index in [4.69, 9.17) is 4.74 Å². The minimum atomic E-state index is -0.489. The Labute approximate surface area is 153 Å². The summed E-state index contributed by atoms with van der Waals surface area (Å²) in [5, 5.41) is 14.6. The summed E-state index contributed by atoms with van der Waals surface area (Å²) in [6, 6.07) is 6.53. The van der Waals surface area contributed by atoms with Crippen LogP contribution in [0.2, 0.25) is 0 Å². The number of pyridine rings is 1. The van der Waals surface area contributed by atoms with Gasteiger partial charge in [-0.3, -0.25) is 19.7 Å². The SMILES string of the molecule is CC1C(=O)OCc2c1cc1n(c2=O)CC2=Cc3c(cccc3[N+](=O)[O-])NC21. The van der Waals surface area contributed by atoms with Crippen molar-refractivity contribution in [3.63, 3.8) is 0 Å². The number of fused-ring (bicyclic) bond motifs is 5. The van der Waals surface area contributed by atoms with Crippen LogP contribution in [-0.2, 0) is 22.7 Å². The summed E-state index contributed by atoms with van der Waals surface area (Å²) in [5.41, 5.74) is 3.90. The zero-order valence-electron chi connectivity index (χ0n) is 14.4. The first-order valence-electron chi connectivity index (χ1n) is 8.63. The zero-order valence-corrected chi connectivity index (χ0v) is 14.4. The maximum Gasteiger partial charge on any atom is 0.313 e. The van der Waals surface area contributed by atoms with E-state index in [1.165, 1.54) is 6.07 Å². The third-order valence-corrected chi connectivity index (χ3v) is 5.56. The minimum absolute atomic E-state index is 0.0134. The number of hydrogen-bond acceptors (Lipinski definition) is 6. The van der Waals surface area contributed by atoms with Gasteiger partial charge < -0.3 is 14.6 Å². The number of hydrogen-bond donors (Lipinski definition) is 1. The lowest BCUT2D eigenvalue weighted by Crippen LogP contribution is -2.32. The maximum absolute atomic E-state index is 13.0. The van der Waals surface area contributed by atoms with Crippen LogP contribution in [0.1, 0.15) is 41.3 Å². The van der Waals surface area contributed by atoms with Crippen LogP contribution in [0.5, 0.6) is 0 Å². The van der Waals surface area contributed by atoms with Gasteiger partial charge in [0, 0.05) is 24.0 Å². The van der Waals surface area contributed by atoms with Gasteiger partial charge in [0.15, 0.2) is 0 Å². The van der Waals surface area contributed by atoms with Crippen molar-refractivity contribution in [2.24, 2.45) is 0 Å². The molecule has 27 heavy (non-hydrogen) atoms. The first-order chi connectivity index (χ1) is 13.0. The summed E-state index contributed by atoms with van der Waals surface area (Å²) >= 11 is 0. The largest absolute Gasteiger partial charge is 0.460 e. The average Bonchev–Trinajstić information content (AvgIpc) is 3.01. The molecular weight excluding hydrogens is 350 g/mol. The van der Waals surface area contributed by atoms with Gasteiger partial charge in [-0.1, -0.05) is 6.07 Å². The van der Waals surface area contributed by atoms with Gasteiger partial charge in [0.25, 0.3) is 11.2 Å². The molecular formula is C19H15N3O5. The second-order valence-electron chi connectivity index (χ2n) is 7.02. The number of cyclic esters (lactones) is 1. The Balaban J connectivity index is 1.67. The van der Waals surface area contributed by atoms with Gasteiger partial charge in [-0.25, -0.2) is 0 Å². The molecule has 8 nitrogen and oxygen atoms in total. The van der Waals surface area contributed by atoms with E-state index < -0.39 is 10.8 Å². The number of benzene rings is 1. The summed E-state index contributed by atoms with van der Waals surface area (Å²) in [6.45, 7) is 2.07. The van der Waals surface area contributed by atoms with Crippen molar-refractivity contribution in [3.05, 3.63) is 72.7 Å². The minimum Gasteiger partial charge on any atom is -0.460 e. The number of nitro benzene ring substituents is 1. The van der Waals surface area contributed by atoms with Crippen LogP contribution in [0, 0.1) is 10.1 Å². The van der Waals surface area contributed by atoms with E-state index in [1.54, 1.807) is 29.7 Å². The molecule has 0 radical (unpaired) electrons. The predicted molar refractivity (Wildman–Crippen MR) is 96.4 cm³/mol. The van der Waals surface area contributed by atoms with Gasteiger partial charge in [-0.2, -0.15) is 0 Å². The molecule has 1 N–H and O–H groups in total. The molecule has 2 aromatic rings. The molecule has 136 valence electrons. The topological polar surface area (TPSA) is 103 Å². The highest BCUT2D eigenvalue weighted by Crippen LogP contribution is 2.43. The number of nitrogens with one attached hydrogen (secondary N) is 1. The molecule has 0 aliphatic carbocycles. The lowest BCUT2D eigenvalue weighted by Gasteiger charge is -2.25. The van der Waals surface area contributed by atoms with E-state index in [2.05, 4.69) is 5.32 Å². The Hall–Kier alpha value is -3.42. The third-order valence-electron chi connectivity index (χ3n) is 5.56. The van der Waals surface area contributed by atoms with Gasteiger partial charge in [0.05, 0.1) is 28.0 Å². The van der Waals surface area contributed by atoms with E-state index >= 15 is 0 Å². The number of anilines is 1. The molecule has 1 aromatic heterocycles. The standard InChI is InChI=1S/C19H15N3O5/c1-9-11-6-16-17-10(7-21(16)18(23)13(11)8-27-19(9)24)5-12-14(20-17)3-2-4-15(12)22(25)26/h2-6,9,17,20H,7-8H2,1H3. The summed E-state index contributed by atoms with van der Waals surface area (Å²) in [4.78, 5) is 35.8. The van der Waals surface area contributed by atoms with Crippen molar-refractivity contribution < 1.29 is 14.5 Å². The highest BCUT2D eigenvalue weighted by molar-refractivity contribution is 5.82. The molecule has 0 saturated carbocycles. The Bertz CT molecular complexity index is 1130. The quantitative estimate of drug-likeness (QED) is 0.473. The second-order valence-corrected chi connectivity index (χ2v) is 7.02. The van der Waals surface area contributed by atoms with Crippen molar-refractivity contribution in [2.45, 2.75) is 32.0 Å². The molecule has 4 heterocycles. The molecule has 0 amide bonds. The van der Waals surface area contributed by atoms with Crippen LogP contribution in [-0.4, -0.2) is 15.5 Å². The van der Waals surface area contributed by atoms with Crippen LogP contribution in [0.25, 0.3) is 6.08 Å². The van der Waals surface area contributed by atoms with Gasteiger partial charge in [-0.05, 0) is 36.3 Å². The number of rotatable bonds is 1. The molecule has 5 rings (SSSR count). The number of carbonyl (C=O) groups excluding carboxylic acids is 1. The molecule has 8 heteroatoms. The fraction of sp³-hybridized carbons (Fsp3) is 0.263. The zero-order chi connectivity index (χ0) is 18.9. The Morgan fingerprint density at radius 2 is 2.15 bits per heavy atom. The van der Waals surface area contributed by atoms with Crippen molar-refractivity contribution in [2.75, 3.05) is 5.32 Å². The monoisotopic (exact) mass is 365 g/mol. The molecule has 0 fully saturated rings. The lowest BCUT2D eigenvalue weighted by molar-refractivity contribution is -0.385. The molecule has 3 aliphatic heterocycles. The van der Waals surface area contributed by atoms with E-state index in [-0.39, 0.29) is 29.9 Å². The van der Waals surface area contributed by atoms with Gasteiger partial charge in [0.2, 0.25) is 0 Å². The second kappa shape index (κ2) is 5.29. The van der Waals surface area contributed by atoms with Crippen LogP contribution >= 0.6 is 0 Å². The molecule has 2 unspecified atom stereocenters. The first kappa shape index (κ1) is 15.8. The van der Waals surface area contributed by atoms with Crippen LogP contribution in [0.4, 0.5) is 11.4 Å². The van der Waals surface area contributed by atoms with Crippen molar-refractivity contribution in [1.82, 2.24) is 4.57 Å². The molecule has 0 spiro atoms. The summed E-state index contributed by atoms with van der Waals surface area (Å²) < 4.78 is 6.77. The summed E-state index contributed by atoms with van der Waals surface area (Å²) in [7, 11) is 0. The van der Waals surface area contributed by atoms with Crippen molar-refractivity contribution in [3.8, 4) is 0 Å². The molecule has 2 atom stereocenters. The first-order valence-corrected chi connectivity index (χ1v) is 8.63. The summed E-state index contributed by atoms with van der Waals surface area (Å²) in [5.74, 6) is -0.824. The average molecular weight is 365 g/mol. The Morgan fingerprint density at radius 3 is 2.93 bits per heavy atom. The number of nitro groups is 1. The van der Waals surface area contributed by atoms with E-state index in [0.29, 0.717) is 28.9 Å². The predicted octanol–water partition coefficient (Wildman–Crippen LogP) is 2.48. The Morgan fingerprint density at radius 1 is 1.33 bits per heavy atom. The van der Waals surface area contributed by atoms with E-state index in [1.807, 2.05) is 6.07 Å². The van der Waals surface area contributed by atoms with Gasteiger partial charge in [-0.15, -0.1) is 0 Å². The fourth-order valence-electron chi connectivity index (χ4n) is 4.15. The number of nitrogens with zero attached hydrogens (tertiary/aromatic N) is 2. The van der Waals surface area contributed by atoms with Gasteiger partial charge in [0.1, 0.15) is 6.61 Å². The molecule has 1 aromatic carbocycles. The van der Waals surface area contributed by atoms with Gasteiger partial charge >= 0.3 is 5.97 Å². The van der Waals surface area contributed by atoms with E-state index in [9.17, 15) is 19.7 Å². The highest BCUT2D eigenvalue weighted by Gasteiger charge is 2.37.